The van der Waals surface area contributed by atoms with Crippen LogP contribution in [0.3, 0.4) is 0 Å². The standard InChI is InChI=1S/C9H12N2O6/c1-14-6-5(11(12)13)8(16-3)10-9(17-4)7(6)15-2/h1-4H3. The fourth-order valence-electron chi connectivity index (χ4n) is 1.31. The molecule has 0 radical (unpaired) electrons. The predicted octanol–water partition coefficient (Wildman–Crippen LogP) is 1.02. The highest BCUT2D eigenvalue weighted by Gasteiger charge is 2.31. The molecular weight excluding hydrogens is 232 g/mol. The Morgan fingerprint density at radius 1 is 0.941 bits per heavy atom. The van der Waals surface area contributed by atoms with Crippen LogP contribution < -0.4 is 18.9 Å². The average molecular weight is 244 g/mol. The Morgan fingerprint density at radius 2 is 1.47 bits per heavy atom. The van der Waals surface area contributed by atoms with Gasteiger partial charge in [-0.3, -0.25) is 10.1 Å². The minimum atomic E-state index is -0.660. The Labute approximate surface area is 97.2 Å². The van der Waals surface area contributed by atoms with Crippen molar-refractivity contribution in [3.63, 3.8) is 0 Å². The van der Waals surface area contributed by atoms with E-state index in [1.165, 1.54) is 28.4 Å². The van der Waals surface area contributed by atoms with E-state index < -0.39 is 10.6 Å². The summed E-state index contributed by atoms with van der Waals surface area (Å²) < 4.78 is 19.7. The zero-order chi connectivity index (χ0) is 13.0. The summed E-state index contributed by atoms with van der Waals surface area (Å²) in [5, 5.41) is 10.9. The van der Waals surface area contributed by atoms with Crippen molar-refractivity contribution >= 4 is 5.69 Å². The van der Waals surface area contributed by atoms with Crippen molar-refractivity contribution in [3.8, 4) is 23.3 Å². The number of nitro groups is 1. The molecule has 1 heterocycles. The van der Waals surface area contributed by atoms with Gasteiger partial charge in [-0.05, 0) is 0 Å². The molecule has 17 heavy (non-hydrogen) atoms. The van der Waals surface area contributed by atoms with E-state index in [1.54, 1.807) is 0 Å². The Hall–Kier alpha value is -2.25. The van der Waals surface area contributed by atoms with Crippen LogP contribution in [0.5, 0.6) is 23.3 Å². The van der Waals surface area contributed by atoms with Crippen LogP contribution in [0.2, 0.25) is 0 Å². The van der Waals surface area contributed by atoms with Crippen LogP contribution >= 0.6 is 0 Å². The lowest BCUT2D eigenvalue weighted by Crippen LogP contribution is -2.04. The second kappa shape index (κ2) is 5.19. The summed E-state index contributed by atoms with van der Waals surface area (Å²) in [7, 11) is 5.23. The third-order valence-corrected chi connectivity index (χ3v) is 2.00. The van der Waals surface area contributed by atoms with E-state index in [9.17, 15) is 10.1 Å². The van der Waals surface area contributed by atoms with Gasteiger partial charge in [0.2, 0.25) is 5.75 Å². The SMILES string of the molecule is COc1nc(OC)c([N+](=O)[O-])c(OC)c1OC. The van der Waals surface area contributed by atoms with Crippen molar-refractivity contribution < 1.29 is 23.9 Å². The van der Waals surface area contributed by atoms with Gasteiger partial charge in [-0.2, -0.15) is 4.98 Å². The summed E-state index contributed by atoms with van der Waals surface area (Å²) in [5.74, 6) is -0.208. The van der Waals surface area contributed by atoms with Gasteiger partial charge >= 0.3 is 11.6 Å². The number of hydrogen-bond donors (Lipinski definition) is 0. The molecule has 0 bridgehead atoms. The summed E-state index contributed by atoms with van der Waals surface area (Å²) in [6, 6.07) is 0. The van der Waals surface area contributed by atoms with Gasteiger partial charge in [-0.15, -0.1) is 0 Å². The van der Waals surface area contributed by atoms with Crippen molar-refractivity contribution in [1.82, 2.24) is 4.98 Å². The van der Waals surface area contributed by atoms with Crippen LogP contribution in [0, 0.1) is 10.1 Å². The Kier molecular flexibility index (Phi) is 3.91. The molecule has 94 valence electrons. The van der Waals surface area contributed by atoms with Gasteiger partial charge in [-0.1, -0.05) is 0 Å². The van der Waals surface area contributed by atoms with Crippen LogP contribution in [0.1, 0.15) is 0 Å². The number of aromatic nitrogens is 1. The molecule has 0 saturated heterocycles. The summed E-state index contributed by atoms with van der Waals surface area (Å²) in [6.45, 7) is 0. The molecule has 8 nitrogen and oxygen atoms in total. The van der Waals surface area contributed by atoms with E-state index >= 15 is 0 Å². The van der Waals surface area contributed by atoms with Gasteiger partial charge in [0.05, 0.1) is 33.4 Å². The molecule has 0 unspecified atom stereocenters. The fraction of sp³-hybridized carbons (Fsp3) is 0.444. The molecule has 1 aromatic rings. The number of nitrogens with zero attached hydrogens (tertiary/aromatic N) is 2. The molecule has 0 amide bonds. The molecule has 0 aliphatic carbocycles. The van der Waals surface area contributed by atoms with Crippen molar-refractivity contribution in [3.05, 3.63) is 10.1 Å². The maximum atomic E-state index is 10.9. The van der Waals surface area contributed by atoms with Crippen LogP contribution in [0.15, 0.2) is 0 Å². The lowest BCUT2D eigenvalue weighted by atomic mass is 10.3. The molecule has 0 aromatic carbocycles. The second-order valence-electron chi connectivity index (χ2n) is 2.80. The maximum Gasteiger partial charge on any atom is 0.376 e. The van der Waals surface area contributed by atoms with Crippen LogP contribution in [0.4, 0.5) is 5.69 Å². The minimum absolute atomic E-state index is 0.0440. The van der Waals surface area contributed by atoms with E-state index in [0.29, 0.717) is 0 Å². The molecule has 1 aromatic heterocycles. The monoisotopic (exact) mass is 244 g/mol. The molecular formula is C9H12N2O6. The first-order chi connectivity index (χ1) is 8.10. The first-order valence-electron chi connectivity index (χ1n) is 4.49. The van der Waals surface area contributed by atoms with Gasteiger partial charge in [0.15, 0.2) is 0 Å². The Bertz CT molecular complexity index is 434. The Balaban J connectivity index is 3.61. The average Bonchev–Trinajstić information content (AvgIpc) is 2.35. The molecule has 0 saturated carbocycles. The van der Waals surface area contributed by atoms with Gasteiger partial charge in [0.1, 0.15) is 0 Å². The van der Waals surface area contributed by atoms with E-state index in [0.717, 1.165) is 0 Å². The van der Waals surface area contributed by atoms with Gasteiger partial charge < -0.3 is 18.9 Å². The van der Waals surface area contributed by atoms with Gasteiger partial charge in [-0.25, -0.2) is 0 Å². The van der Waals surface area contributed by atoms with Crippen molar-refractivity contribution in [1.29, 1.82) is 0 Å². The molecule has 0 N–H and O–H groups in total. The third kappa shape index (κ3) is 2.14. The minimum Gasteiger partial charge on any atom is -0.488 e. The van der Waals surface area contributed by atoms with E-state index in [1.807, 2.05) is 0 Å². The number of pyridine rings is 1. The molecule has 0 fully saturated rings. The first-order valence-corrected chi connectivity index (χ1v) is 4.49. The van der Waals surface area contributed by atoms with Crippen molar-refractivity contribution in [2.75, 3.05) is 28.4 Å². The summed E-state index contributed by atoms with van der Waals surface area (Å²) in [6.07, 6.45) is 0. The second-order valence-corrected chi connectivity index (χ2v) is 2.80. The third-order valence-electron chi connectivity index (χ3n) is 2.00. The Morgan fingerprint density at radius 3 is 1.82 bits per heavy atom. The number of hydrogen-bond acceptors (Lipinski definition) is 7. The lowest BCUT2D eigenvalue weighted by Gasteiger charge is -2.12. The smallest absolute Gasteiger partial charge is 0.376 e. The highest BCUT2D eigenvalue weighted by atomic mass is 16.6. The van der Waals surface area contributed by atoms with Crippen molar-refractivity contribution in [2.45, 2.75) is 0 Å². The van der Waals surface area contributed by atoms with Crippen LogP contribution in [-0.2, 0) is 0 Å². The lowest BCUT2D eigenvalue weighted by molar-refractivity contribution is -0.387. The highest BCUT2D eigenvalue weighted by Crippen LogP contribution is 2.47. The van der Waals surface area contributed by atoms with Crippen LogP contribution in [0.25, 0.3) is 0 Å². The molecule has 0 aliphatic rings. The molecule has 0 atom stereocenters. The molecule has 0 spiro atoms. The zero-order valence-corrected chi connectivity index (χ0v) is 9.84. The molecule has 1 rings (SSSR count). The number of rotatable bonds is 5. The van der Waals surface area contributed by atoms with E-state index in [4.69, 9.17) is 18.9 Å². The largest absolute Gasteiger partial charge is 0.488 e. The summed E-state index contributed by atoms with van der Waals surface area (Å²) in [5.41, 5.74) is -0.410. The molecule has 0 aliphatic heterocycles. The van der Waals surface area contributed by atoms with Gasteiger partial charge in [0, 0.05) is 0 Å². The zero-order valence-electron chi connectivity index (χ0n) is 9.84. The van der Waals surface area contributed by atoms with E-state index in [-0.39, 0.29) is 23.3 Å². The van der Waals surface area contributed by atoms with Crippen molar-refractivity contribution in [2.24, 2.45) is 0 Å². The maximum absolute atomic E-state index is 10.9. The summed E-state index contributed by atoms with van der Waals surface area (Å²) in [4.78, 5) is 14.1. The number of methoxy groups -OCH3 is 4. The van der Waals surface area contributed by atoms with Gasteiger partial charge in [0.25, 0.3) is 11.6 Å². The molecule has 8 heteroatoms. The van der Waals surface area contributed by atoms with Crippen LogP contribution in [-0.4, -0.2) is 38.3 Å². The quantitative estimate of drug-likeness (QED) is 0.563. The highest BCUT2D eigenvalue weighted by molar-refractivity contribution is 5.64. The van der Waals surface area contributed by atoms with E-state index in [2.05, 4.69) is 4.98 Å². The topological polar surface area (TPSA) is 93.0 Å². The number of ether oxygens (including phenoxy) is 4. The first kappa shape index (κ1) is 12.8. The predicted molar refractivity (Wildman–Crippen MR) is 57.1 cm³/mol. The fourth-order valence-corrected chi connectivity index (χ4v) is 1.31. The summed E-state index contributed by atoms with van der Waals surface area (Å²) >= 11 is 0. The normalized spacial score (nSPS) is 9.65.